The summed E-state index contributed by atoms with van der Waals surface area (Å²) >= 11 is 4.70. The van der Waals surface area contributed by atoms with Crippen molar-refractivity contribution in [2.45, 2.75) is 0 Å². The lowest BCUT2D eigenvalue weighted by atomic mass is 10.2. The first-order chi connectivity index (χ1) is 5.52. The summed E-state index contributed by atoms with van der Waals surface area (Å²) in [5, 5.41) is 8.63. The molecule has 0 aromatic heterocycles. The van der Waals surface area contributed by atoms with Crippen molar-refractivity contribution >= 4 is 44.5 Å². The highest BCUT2D eigenvalue weighted by atomic mass is 127. The molecule has 12 heavy (non-hydrogen) atoms. The number of benzene rings is 1. The monoisotopic (exact) mass is 344 g/mol. The summed E-state index contributed by atoms with van der Waals surface area (Å²) in [7, 11) is 0. The Morgan fingerprint density at radius 3 is 2.67 bits per heavy atom. The number of carboxylic acid groups (broad SMARTS) is 1. The van der Waals surface area contributed by atoms with Crippen LogP contribution in [0, 0.1) is 9.39 Å². The van der Waals surface area contributed by atoms with Crippen LogP contribution in [0.1, 0.15) is 10.4 Å². The van der Waals surface area contributed by atoms with Crippen LogP contribution in [0.15, 0.2) is 16.6 Å². The zero-order valence-electron chi connectivity index (χ0n) is 5.64. The molecule has 0 heterocycles. The van der Waals surface area contributed by atoms with Crippen molar-refractivity contribution in [1.29, 1.82) is 0 Å². The molecule has 0 atom stereocenters. The Balaban J connectivity index is 3.33. The van der Waals surface area contributed by atoms with Gasteiger partial charge in [0.05, 0.1) is 5.56 Å². The Kier molecular flexibility index (Phi) is 3.05. The van der Waals surface area contributed by atoms with Gasteiger partial charge in [0, 0.05) is 8.04 Å². The molecule has 1 rings (SSSR count). The van der Waals surface area contributed by atoms with Gasteiger partial charge in [-0.25, -0.2) is 9.18 Å². The van der Waals surface area contributed by atoms with E-state index in [-0.39, 0.29) is 10.0 Å². The first-order valence-corrected chi connectivity index (χ1v) is 4.77. The zero-order valence-corrected chi connectivity index (χ0v) is 9.39. The summed E-state index contributed by atoms with van der Waals surface area (Å²) in [6.45, 7) is 0. The normalized spacial score (nSPS) is 9.92. The second kappa shape index (κ2) is 3.69. The van der Waals surface area contributed by atoms with Crippen LogP contribution in [-0.2, 0) is 0 Å². The number of carboxylic acids is 1. The summed E-state index contributed by atoms with van der Waals surface area (Å²) in [4.78, 5) is 10.5. The molecule has 2 nitrogen and oxygen atoms in total. The number of halogens is 3. The molecule has 1 aromatic carbocycles. The van der Waals surface area contributed by atoms with Gasteiger partial charge in [0.1, 0.15) is 5.82 Å². The van der Waals surface area contributed by atoms with E-state index in [1.807, 2.05) is 0 Å². The van der Waals surface area contributed by atoms with Gasteiger partial charge in [0.2, 0.25) is 0 Å². The van der Waals surface area contributed by atoms with E-state index < -0.39 is 11.8 Å². The van der Waals surface area contributed by atoms with Crippen molar-refractivity contribution in [3.05, 3.63) is 31.6 Å². The fraction of sp³-hybridized carbons (Fsp3) is 0. The fourth-order valence-electron chi connectivity index (χ4n) is 0.686. The largest absolute Gasteiger partial charge is 0.478 e. The molecule has 0 amide bonds. The molecule has 0 bridgehead atoms. The zero-order chi connectivity index (χ0) is 9.30. The molecule has 0 fully saturated rings. The van der Waals surface area contributed by atoms with E-state index in [0.29, 0.717) is 3.57 Å². The van der Waals surface area contributed by atoms with Gasteiger partial charge in [-0.2, -0.15) is 0 Å². The molecular formula is C7H3BrFIO2. The summed E-state index contributed by atoms with van der Waals surface area (Å²) < 4.78 is 13.3. The van der Waals surface area contributed by atoms with Crippen LogP contribution >= 0.6 is 38.5 Å². The Morgan fingerprint density at radius 1 is 1.58 bits per heavy atom. The van der Waals surface area contributed by atoms with Crippen molar-refractivity contribution in [2.75, 3.05) is 0 Å². The Bertz CT molecular complexity index is 340. The molecule has 0 unspecified atom stereocenters. The van der Waals surface area contributed by atoms with Gasteiger partial charge in [-0.05, 0) is 50.7 Å². The van der Waals surface area contributed by atoms with Crippen LogP contribution in [0.5, 0.6) is 0 Å². The van der Waals surface area contributed by atoms with Crippen LogP contribution in [-0.4, -0.2) is 11.1 Å². The minimum atomic E-state index is -1.07. The first-order valence-electron chi connectivity index (χ1n) is 2.90. The minimum absolute atomic E-state index is 0.0702. The van der Waals surface area contributed by atoms with E-state index in [4.69, 9.17) is 5.11 Å². The van der Waals surface area contributed by atoms with E-state index >= 15 is 0 Å². The number of aromatic carboxylic acids is 1. The molecule has 0 saturated heterocycles. The second-order valence-electron chi connectivity index (χ2n) is 2.05. The van der Waals surface area contributed by atoms with Crippen molar-refractivity contribution in [1.82, 2.24) is 0 Å². The lowest BCUT2D eigenvalue weighted by Gasteiger charge is -2.00. The summed E-state index contributed by atoms with van der Waals surface area (Å²) in [6.07, 6.45) is 0. The third-order valence-electron chi connectivity index (χ3n) is 1.24. The molecule has 0 aliphatic heterocycles. The molecule has 0 spiro atoms. The van der Waals surface area contributed by atoms with E-state index in [2.05, 4.69) is 15.9 Å². The van der Waals surface area contributed by atoms with E-state index in [1.54, 1.807) is 22.6 Å². The maximum Gasteiger partial charge on any atom is 0.336 e. The maximum absolute atomic E-state index is 12.8. The molecular weight excluding hydrogens is 342 g/mol. The third-order valence-corrected chi connectivity index (χ3v) is 2.72. The highest BCUT2D eigenvalue weighted by Crippen LogP contribution is 2.22. The van der Waals surface area contributed by atoms with Gasteiger partial charge in [-0.3, -0.25) is 0 Å². The van der Waals surface area contributed by atoms with Gasteiger partial charge in [-0.15, -0.1) is 0 Å². The van der Waals surface area contributed by atoms with Crippen molar-refractivity contribution in [2.24, 2.45) is 0 Å². The average Bonchev–Trinajstić information content (AvgIpc) is 1.96. The molecule has 0 aliphatic carbocycles. The Labute approximate surface area is 90.0 Å². The Hall–Kier alpha value is -0.170. The SMILES string of the molecule is O=C(O)c1cc(I)c(F)cc1Br. The number of carbonyl (C=O) groups is 1. The van der Waals surface area contributed by atoms with E-state index in [9.17, 15) is 9.18 Å². The number of hydrogen-bond donors (Lipinski definition) is 1. The molecule has 5 heteroatoms. The fourth-order valence-corrected chi connectivity index (χ4v) is 1.64. The van der Waals surface area contributed by atoms with Crippen LogP contribution in [0.2, 0.25) is 0 Å². The minimum Gasteiger partial charge on any atom is -0.478 e. The molecule has 0 saturated carbocycles. The predicted molar refractivity (Wildman–Crippen MR) is 53.8 cm³/mol. The van der Waals surface area contributed by atoms with Crippen molar-refractivity contribution < 1.29 is 14.3 Å². The molecule has 64 valence electrons. The highest BCUT2D eigenvalue weighted by molar-refractivity contribution is 14.1. The van der Waals surface area contributed by atoms with Gasteiger partial charge in [0.25, 0.3) is 0 Å². The van der Waals surface area contributed by atoms with Crippen LogP contribution in [0.25, 0.3) is 0 Å². The van der Waals surface area contributed by atoms with E-state index in [1.165, 1.54) is 6.07 Å². The molecule has 0 radical (unpaired) electrons. The van der Waals surface area contributed by atoms with Crippen molar-refractivity contribution in [3.63, 3.8) is 0 Å². The lowest BCUT2D eigenvalue weighted by Crippen LogP contribution is -1.99. The maximum atomic E-state index is 12.8. The third kappa shape index (κ3) is 1.95. The molecule has 0 aliphatic rings. The van der Waals surface area contributed by atoms with Crippen LogP contribution < -0.4 is 0 Å². The molecule has 1 aromatic rings. The van der Waals surface area contributed by atoms with Crippen LogP contribution in [0.4, 0.5) is 4.39 Å². The first kappa shape index (κ1) is 9.91. The van der Waals surface area contributed by atoms with Gasteiger partial charge >= 0.3 is 5.97 Å². The predicted octanol–water partition coefficient (Wildman–Crippen LogP) is 2.89. The summed E-state index contributed by atoms with van der Waals surface area (Å²) in [6, 6.07) is 2.42. The molecule has 1 N–H and O–H groups in total. The lowest BCUT2D eigenvalue weighted by molar-refractivity contribution is 0.0695. The standard InChI is InChI=1S/C7H3BrFIO2/c8-4-2-5(9)6(10)1-3(4)7(11)12/h1-2H,(H,11,12). The van der Waals surface area contributed by atoms with E-state index in [0.717, 1.165) is 6.07 Å². The average molecular weight is 345 g/mol. The quantitative estimate of drug-likeness (QED) is 0.628. The Morgan fingerprint density at radius 2 is 2.17 bits per heavy atom. The van der Waals surface area contributed by atoms with Crippen molar-refractivity contribution in [3.8, 4) is 0 Å². The second-order valence-corrected chi connectivity index (χ2v) is 4.07. The number of hydrogen-bond acceptors (Lipinski definition) is 1. The smallest absolute Gasteiger partial charge is 0.336 e. The van der Waals surface area contributed by atoms with Gasteiger partial charge < -0.3 is 5.11 Å². The summed E-state index contributed by atoms with van der Waals surface area (Å²) in [5.74, 6) is -1.49. The highest BCUT2D eigenvalue weighted by Gasteiger charge is 2.11. The van der Waals surface area contributed by atoms with Crippen LogP contribution in [0.3, 0.4) is 0 Å². The number of rotatable bonds is 1. The topological polar surface area (TPSA) is 37.3 Å². The summed E-state index contributed by atoms with van der Waals surface area (Å²) in [5.41, 5.74) is 0.0702. The van der Waals surface area contributed by atoms with Gasteiger partial charge in [-0.1, -0.05) is 0 Å². The van der Waals surface area contributed by atoms with Gasteiger partial charge in [0.15, 0.2) is 0 Å².